The largest absolute Gasteiger partial charge is 0.497 e. The zero-order valence-electron chi connectivity index (χ0n) is 33.8. The minimum Gasteiger partial charge on any atom is -0.497 e. The highest BCUT2D eigenvalue weighted by Crippen LogP contribution is 2.45. The van der Waals surface area contributed by atoms with Crippen molar-refractivity contribution in [2.24, 2.45) is 0 Å². The molecule has 1 aliphatic rings. The number of aromatic nitrogens is 1. The highest BCUT2D eigenvalue weighted by atomic mass is 127. The van der Waals surface area contributed by atoms with Crippen LogP contribution in [0.15, 0.2) is 121 Å². The van der Waals surface area contributed by atoms with Crippen molar-refractivity contribution in [1.29, 1.82) is 5.26 Å². The van der Waals surface area contributed by atoms with Gasteiger partial charge in [0.1, 0.15) is 35.5 Å². The van der Waals surface area contributed by atoms with Gasteiger partial charge in [-0.3, -0.25) is 4.90 Å². The van der Waals surface area contributed by atoms with Crippen molar-refractivity contribution in [2.75, 3.05) is 27.4 Å². The van der Waals surface area contributed by atoms with Crippen molar-refractivity contribution in [3.8, 4) is 17.6 Å². The number of fused-ring (bicyclic) bond motifs is 3. The molecule has 1 aromatic heterocycles. The number of methoxy groups -OCH3 is 2. The maximum absolute atomic E-state index is 10.1. The van der Waals surface area contributed by atoms with Gasteiger partial charge in [0.2, 0.25) is 0 Å². The molecule has 0 spiro atoms. The van der Waals surface area contributed by atoms with E-state index in [4.69, 9.17) is 28.0 Å². The summed E-state index contributed by atoms with van der Waals surface area (Å²) in [5.74, 6) is 1.50. The Morgan fingerprint density at radius 2 is 1.38 bits per heavy atom. The molecule has 0 amide bonds. The standard InChI is InChI=1S/C47H51IN3O6P/c1-31(2)50(32(3)4)37(28-49)29-55-58-57-44-27-46(51-42-15-11-10-14-40(42)41-26-36(48)20-25-43(41)51)56-45(44)30-54-47(33-12-8-7-9-13-33,34-16-21-38(52-5)22-17-34)35-18-23-39(53-6)24-19-35/h7-26,31-32,37,44-46,58H,27,29-30H2,1-6H3/t37?,44-,45+,46-/m0/s1. The SMILES string of the molecule is COc1ccc(C(OC[C@H]2O[C@H](n3c4ccccc4c4cc(I)ccc43)C[C@@H]2OPOCC(C#N)N(C(C)C)C(C)C)(c2ccccc2)c2ccc(OC)cc2)cc1. The molecule has 0 N–H and O–H groups in total. The van der Waals surface area contributed by atoms with E-state index in [0.29, 0.717) is 6.42 Å². The van der Waals surface area contributed by atoms with Crippen LogP contribution >= 0.6 is 31.6 Å². The Balaban J connectivity index is 1.25. The molecule has 9 nitrogen and oxygen atoms in total. The van der Waals surface area contributed by atoms with Crippen LogP contribution in [-0.2, 0) is 24.1 Å². The molecule has 2 heterocycles. The lowest BCUT2D eigenvalue weighted by atomic mass is 9.80. The highest BCUT2D eigenvalue weighted by Gasteiger charge is 2.43. The van der Waals surface area contributed by atoms with E-state index in [1.54, 1.807) is 14.2 Å². The summed E-state index contributed by atoms with van der Waals surface area (Å²) >= 11 is 2.37. The Bertz CT molecular complexity index is 2260. The van der Waals surface area contributed by atoms with Crippen LogP contribution < -0.4 is 9.47 Å². The zero-order chi connectivity index (χ0) is 40.8. The molecule has 0 aliphatic carbocycles. The van der Waals surface area contributed by atoms with Crippen LogP contribution in [0, 0.1) is 14.9 Å². The molecule has 302 valence electrons. The van der Waals surface area contributed by atoms with Gasteiger partial charge in [-0.2, -0.15) is 5.26 Å². The molecule has 6 aromatic rings. The minimum absolute atomic E-state index is 0.193. The molecule has 58 heavy (non-hydrogen) atoms. The first-order chi connectivity index (χ1) is 28.2. The predicted octanol–water partition coefficient (Wildman–Crippen LogP) is 10.6. The number of hydrogen-bond acceptors (Lipinski definition) is 8. The van der Waals surface area contributed by atoms with Crippen LogP contribution in [0.3, 0.4) is 0 Å². The third-order valence-corrected chi connectivity index (χ3v) is 12.3. The second-order valence-corrected chi connectivity index (χ2v) is 17.0. The second-order valence-electron chi connectivity index (χ2n) is 15.1. The average Bonchev–Trinajstić information content (AvgIpc) is 3.80. The van der Waals surface area contributed by atoms with Crippen molar-refractivity contribution in [2.45, 2.75) is 76.3 Å². The molecule has 2 unspecified atom stereocenters. The summed E-state index contributed by atoms with van der Waals surface area (Å²) in [6, 6.07) is 43.8. The highest BCUT2D eigenvalue weighted by molar-refractivity contribution is 14.1. The first kappa shape index (κ1) is 42.1. The smallest absolute Gasteiger partial charge is 0.155 e. The van der Waals surface area contributed by atoms with Crippen LogP contribution in [-0.4, -0.2) is 67.2 Å². The Labute approximate surface area is 357 Å². The van der Waals surface area contributed by atoms with Gasteiger partial charge in [0.15, 0.2) is 9.03 Å². The van der Waals surface area contributed by atoms with Gasteiger partial charge in [0.25, 0.3) is 0 Å². The maximum Gasteiger partial charge on any atom is 0.155 e. The summed E-state index contributed by atoms with van der Waals surface area (Å²) in [5, 5.41) is 12.5. The molecule has 1 aliphatic heterocycles. The molecule has 0 saturated carbocycles. The number of rotatable bonds is 17. The lowest BCUT2D eigenvalue weighted by Gasteiger charge is -2.37. The van der Waals surface area contributed by atoms with Crippen LogP contribution in [0.4, 0.5) is 0 Å². The van der Waals surface area contributed by atoms with Crippen molar-refractivity contribution in [3.63, 3.8) is 0 Å². The van der Waals surface area contributed by atoms with Gasteiger partial charge in [0, 0.05) is 32.8 Å². The van der Waals surface area contributed by atoms with Crippen LogP contribution in [0.25, 0.3) is 21.8 Å². The van der Waals surface area contributed by atoms with E-state index >= 15 is 0 Å². The average molecular weight is 912 g/mol. The van der Waals surface area contributed by atoms with E-state index in [9.17, 15) is 5.26 Å². The Hall–Kier alpha value is -4.05. The van der Waals surface area contributed by atoms with E-state index < -0.39 is 17.7 Å². The van der Waals surface area contributed by atoms with Crippen LogP contribution in [0.2, 0.25) is 0 Å². The zero-order valence-corrected chi connectivity index (χ0v) is 37.0. The first-order valence-corrected chi connectivity index (χ1v) is 21.6. The van der Waals surface area contributed by atoms with Gasteiger partial charge in [-0.1, -0.05) is 72.8 Å². The van der Waals surface area contributed by atoms with Crippen molar-refractivity contribution in [1.82, 2.24) is 9.47 Å². The summed E-state index contributed by atoms with van der Waals surface area (Å²) in [6.07, 6.45) is -0.631. The van der Waals surface area contributed by atoms with Gasteiger partial charge >= 0.3 is 0 Å². The van der Waals surface area contributed by atoms with Gasteiger partial charge in [0.05, 0.1) is 50.6 Å². The number of hydrogen-bond donors (Lipinski definition) is 0. The quantitative estimate of drug-likeness (QED) is 0.0387. The monoisotopic (exact) mass is 911 g/mol. The number of ether oxygens (including phenoxy) is 4. The molecular formula is C47H51IN3O6P. The van der Waals surface area contributed by atoms with Crippen molar-refractivity contribution in [3.05, 3.63) is 142 Å². The summed E-state index contributed by atoms with van der Waals surface area (Å²) in [5.41, 5.74) is 3.98. The lowest BCUT2D eigenvalue weighted by Crippen LogP contribution is -2.46. The third-order valence-electron chi connectivity index (χ3n) is 11.0. The van der Waals surface area contributed by atoms with E-state index in [1.807, 2.05) is 42.5 Å². The summed E-state index contributed by atoms with van der Waals surface area (Å²) < 4.78 is 41.9. The van der Waals surface area contributed by atoms with E-state index in [-0.39, 0.29) is 46.7 Å². The molecule has 0 bridgehead atoms. The fraction of sp³-hybridized carbons (Fsp3) is 0.340. The molecule has 11 heteroatoms. The van der Waals surface area contributed by atoms with Crippen LogP contribution in [0.1, 0.15) is 57.0 Å². The third kappa shape index (κ3) is 8.64. The van der Waals surface area contributed by atoms with Crippen molar-refractivity contribution >= 4 is 53.4 Å². The molecule has 0 radical (unpaired) electrons. The Morgan fingerprint density at radius 1 is 0.793 bits per heavy atom. The van der Waals surface area contributed by atoms with E-state index in [1.165, 1.54) is 14.3 Å². The maximum atomic E-state index is 10.1. The van der Waals surface area contributed by atoms with Crippen LogP contribution in [0.5, 0.6) is 11.5 Å². The number of nitrogens with zero attached hydrogens (tertiary/aromatic N) is 3. The fourth-order valence-electron chi connectivity index (χ4n) is 8.41. The van der Waals surface area contributed by atoms with E-state index in [0.717, 1.165) is 39.2 Å². The molecule has 5 aromatic carbocycles. The summed E-state index contributed by atoms with van der Waals surface area (Å²) in [6.45, 7) is 8.85. The molecule has 1 saturated heterocycles. The normalized spacial score (nSPS) is 17.9. The summed E-state index contributed by atoms with van der Waals surface area (Å²) in [4.78, 5) is 2.17. The number of nitriles is 1. The number of halogens is 1. The van der Waals surface area contributed by atoms with Gasteiger partial charge in [-0.15, -0.1) is 0 Å². The number of para-hydroxylation sites is 1. The fourth-order valence-corrected chi connectivity index (χ4v) is 9.57. The predicted molar refractivity (Wildman–Crippen MR) is 240 cm³/mol. The van der Waals surface area contributed by atoms with E-state index in [2.05, 4.69) is 145 Å². The lowest BCUT2D eigenvalue weighted by molar-refractivity contribution is -0.0891. The first-order valence-electron chi connectivity index (χ1n) is 19.7. The molecule has 5 atom stereocenters. The van der Waals surface area contributed by atoms with Gasteiger partial charge in [-0.05, 0) is 116 Å². The van der Waals surface area contributed by atoms with Gasteiger partial charge < -0.3 is 32.6 Å². The molecular weight excluding hydrogens is 860 g/mol. The molecule has 1 fully saturated rings. The Morgan fingerprint density at radius 3 is 1.98 bits per heavy atom. The Kier molecular flexibility index (Phi) is 13.7. The van der Waals surface area contributed by atoms with Crippen molar-refractivity contribution < 1.29 is 28.0 Å². The topological polar surface area (TPSA) is 87.3 Å². The minimum atomic E-state index is -1.04. The molecule has 7 rings (SSSR count). The van der Waals surface area contributed by atoms with Gasteiger partial charge in [-0.25, -0.2) is 0 Å². The summed E-state index contributed by atoms with van der Waals surface area (Å²) in [7, 11) is 3.03. The number of benzene rings is 5. The second kappa shape index (κ2) is 18.9.